The molecule has 0 atom stereocenters. The Morgan fingerprint density at radius 2 is 1.27 bits per heavy atom. The van der Waals surface area contributed by atoms with E-state index in [1.807, 2.05) is 46.3 Å². The van der Waals surface area contributed by atoms with Crippen LogP contribution in [0.5, 0.6) is 0 Å². The molecule has 3 aliphatic heterocycles. The predicted molar refractivity (Wildman–Crippen MR) is 126 cm³/mol. The molecule has 4 heterocycles. The molecule has 0 radical (unpaired) electrons. The second-order valence-corrected chi connectivity index (χ2v) is 10.2. The molecule has 0 unspecified atom stereocenters. The fourth-order valence-electron chi connectivity index (χ4n) is 5.53. The number of rotatable bonds is 0. The van der Waals surface area contributed by atoms with Gasteiger partial charge in [-0.3, -0.25) is 9.36 Å². The molecule has 5 heteroatoms. The fraction of sp³-hybridized carbons (Fsp3) is 0. The number of nitrogens with zero attached hydrogens (tertiary/aromatic N) is 1. The van der Waals surface area contributed by atoms with Crippen molar-refractivity contribution in [2.24, 2.45) is 0 Å². The van der Waals surface area contributed by atoms with Gasteiger partial charge in [0, 0.05) is 36.0 Å². The summed E-state index contributed by atoms with van der Waals surface area (Å²) in [5.41, 5.74) is 6.23. The van der Waals surface area contributed by atoms with Crippen molar-refractivity contribution in [1.29, 1.82) is 0 Å². The minimum Gasteiger partial charge on any atom is -0.277 e. The number of benzene rings is 4. The van der Waals surface area contributed by atoms with E-state index in [0.717, 1.165) is 22.0 Å². The lowest BCUT2D eigenvalue weighted by molar-refractivity contribution is 1.05. The second kappa shape index (κ2) is 5.23. The standard InChI is InChI=1S/C25H12BNOS2/c28-25-15-6-2-1-5-13(15)14-11-12-20-23-24(14)27(25)16-7-3-8-17-21(16)26(23)22-18(29-17)9-4-10-19(22)30-20/h1-12H. The second-order valence-electron chi connectivity index (χ2n) is 8.05. The summed E-state index contributed by atoms with van der Waals surface area (Å²) in [4.78, 5) is 19.0. The highest BCUT2D eigenvalue weighted by Gasteiger charge is 2.43. The van der Waals surface area contributed by atoms with Crippen molar-refractivity contribution in [3.05, 3.63) is 83.2 Å². The van der Waals surface area contributed by atoms with Crippen LogP contribution in [0.4, 0.5) is 0 Å². The zero-order chi connectivity index (χ0) is 19.6. The Morgan fingerprint density at radius 1 is 0.600 bits per heavy atom. The highest BCUT2D eigenvalue weighted by Crippen LogP contribution is 2.42. The van der Waals surface area contributed by atoms with E-state index in [-0.39, 0.29) is 12.3 Å². The zero-order valence-electron chi connectivity index (χ0n) is 15.7. The molecule has 3 aliphatic rings. The molecule has 0 aliphatic carbocycles. The van der Waals surface area contributed by atoms with E-state index in [2.05, 4.69) is 54.6 Å². The first-order valence-electron chi connectivity index (χ1n) is 10.0. The van der Waals surface area contributed by atoms with E-state index in [0.29, 0.717) is 0 Å². The van der Waals surface area contributed by atoms with Gasteiger partial charge in [0.1, 0.15) is 0 Å². The summed E-state index contributed by atoms with van der Waals surface area (Å²) in [6, 6.07) is 25.6. The molecule has 5 aromatic rings. The van der Waals surface area contributed by atoms with Gasteiger partial charge >= 0.3 is 0 Å². The Bertz CT molecular complexity index is 1670. The van der Waals surface area contributed by atoms with Crippen LogP contribution in [0.25, 0.3) is 27.4 Å². The Morgan fingerprint density at radius 3 is 2.07 bits per heavy atom. The normalized spacial score (nSPS) is 14.5. The Kier molecular flexibility index (Phi) is 2.77. The average molecular weight is 417 g/mol. The first-order valence-corrected chi connectivity index (χ1v) is 11.7. The van der Waals surface area contributed by atoms with Gasteiger partial charge in [-0.2, -0.15) is 0 Å². The first-order chi connectivity index (χ1) is 14.8. The summed E-state index contributed by atoms with van der Waals surface area (Å²) in [5.74, 6) is 0. The minimum absolute atomic E-state index is 0.0815. The molecular formula is C25H12BNOS2. The first kappa shape index (κ1) is 15.9. The van der Waals surface area contributed by atoms with Crippen molar-refractivity contribution in [1.82, 2.24) is 4.57 Å². The summed E-state index contributed by atoms with van der Waals surface area (Å²) in [7, 11) is 0. The maximum atomic E-state index is 13.8. The van der Waals surface area contributed by atoms with Crippen LogP contribution >= 0.6 is 23.5 Å². The third-order valence-corrected chi connectivity index (χ3v) is 8.97. The van der Waals surface area contributed by atoms with Gasteiger partial charge in [0.25, 0.3) is 12.3 Å². The van der Waals surface area contributed by atoms with Gasteiger partial charge in [-0.15, -0.1) is 0 Å². The number of fused-ring (bicyclic) bond motifs is 3. The number of aromatic nitrogens is 1. The van der Waals surface area contributed by atoms with Crippen molar-refractivity contribution in [2.45, 2.75) is 19.6 Å². The molecule has 2 nitrogen and oxygen atoms in total. The maximum Gasteiger partial charge on any atom is 0.263 e. The molecule has 1 aromatic heterocycles. The number of pyridine rings is 1. The molecule has 8 rings (SSSR count). The van der Waals surface area contributed by atoms with Crippen LogP contribution in [-0.4, -0.2) is 11.3 Å². The van der Waals surface area contributed by atoms with E-state index in [9.17, 15) is 4.79 Å². The molecule has 30 heavy (non-hydrogen) atoms. The van der Waals surface area contributed by atoms with E-state index in [4.69, 9.17) is 0 Å². The molecule has 0 saturated heterocycles. The van der Waals surface area contributed by atoms with Crippen LogP contribution in [0.2, 0.25) is 0 Å². The van der Waals surface area contributed by atoms with Gasteiger partial charge in [0.15, 0.2) is 0 Å². The minimum atomic E-state index is 0.0815. The Labute approximate surface area is 181 Å². The molecule has 0 spiro atoms. The summed E-state index contributed by atoms with van der Waals surface area (Å²) in [5, 5.41) is 3.00. The maximum absolute atomic E-state index is 13.8. The average Bonchev–Trinajstić information content (AvgIpc) is 2.79. The topological polar surface area (TPSA) is 22.0 Å². The van der Waals surface area contributed by atoms with Crippen LogP contribution in [0.15, 0.2) is 97.2 Å². The van der Waals surface area contributed by atoms with E-state index >= 15 is 0 Å². The molecule has 0 N–H and O–H groups in total. The van der Waals surface area contributed by atoms with Gasteiger partial charge in [0.05, 0.1) is 5.52 Å². The largest absolute Gasteiger partial charge is 0.277 e. The summed E-state index contributed by atoms with van der Waals surface area (Å²) in [6.45, 7) is 0.198. The van der Waals surface area contributed by atoms with Crippen LogP contribution in [0.1, 0.15) is 0 Å². The van der Waals surface area contributed by atoms with E-state index in [1.54, 1.807) is 0 Å². The lowest BCUT2D eigenvalue weighted by Crippen LogP contribution is -2.62. The van der Waals surface area contributed by atoms with Gasteiger partial charge in [0.2, 0.25) is 0 Å². The molecule has 4 aromatic carbocycles. The quantitative estimate of drug-likeness (QED) is 0.276. The molecular weight excluding hydrogens is 405 g/mol. The van der Waals surface area contributed by atoms with Gasteiger partial charge in [-0.1, -0.05) is 59.9 Å². The van der Waals surface area contributed by atoms with Gasteiger partial charge < -0.3 is 0 Å². The number of hydrogen-bond donors (Lipinski definition) is 0. The summed E-state index contributed by atoms with van der Waals surface area (Å²) < 4.78 is 1.99. The highest BCUT2D eigenvalue weighted by molar-refractivity contribution is 8.01. The van der Waals surface area contributed by atoms with E-state index in [1.165, 1.54) is 41.4 Å². The lowest BCUT2D eigenvalue weighted by atomic mass is 9.35. The monoisotopic (exact) mass is 417 g/mol. The van der Waals surface area contributed by atoms with Crippen molar-refractivity contribution >= 4 is 68.3 Å². The van der Waals surface area contributed by atoms with Gasteiger partial charge in [-0.05, 0) is 58.2 Å². The molecule has 0 fully saturated rings. The van der Waals surface area contributed by atoms with Crippen molar-refractivity contribution in [3.8, 4) is 5.69 Å². The fourth-order valence-corrected chi connectivity index (χ4v) is 7.98. The highest BCUT2D eigenvalue weighted by atomic mass is 32.2. The summed E-state index contributed by atoms with van der Waals surface area (Å²) in [6.07, 6.45) is 0. The van der Waals surface area contributed by atoms with Crippen LogP contribution in [-0.2, 0) is 0 Å². The molecule has 0 amide bonds. The smallest absolute Gasteiger partial charge is 0.263 e. The molecule has 0 bridgehead atoms. The van der Waals surface area contributed by atoms with Crippen molar-refractivity contribution < 1.29 is 0 Å². The van der Waals surface area contributed by atoms with Crippen LogP contribution in [0.3, 0.4) is 0 Å². The molecule has 138 valence electrons. The van der Waals surface area contributed by atoms with E-state index < -0.39 is 0 Å². The number of hydrogen-bond acceptors (Lipinski definition) is 3. The van der Waals surface area contributed by atoms with Gasteiger partial charge in [-0.25, -0.2) is 0 Å². The Hall–Kier alpha value is -2.89. The zero-order valence-corrected chi connectivity index (χ0v) is 17.3. The molecule has 0 saturated carbocycles. The summed E-state index contributed by atoms with van der Waals surface area (Å²) >= 11 is 3.68. The van der Waals surface area contributed by atoms with Crippen molar-refractivity contribution in [2.75, 3.05) is 0 Å². The predicted octanol–water partition coefficient (Wildman–Crippen LogP) is 3.90. The third-order valence-electron chi connectivity index (χ3n) is 6.67. The SMILES string of the molecule is O=c1c2ccccc2c2ccc3c4c2n1-c1cccc2c1B4c1c(cccc1S3)S2. The van der Waals surface area contributed by atoms with Crippen LogP contribution < -0.4 is 21.9 Å². The van der Waals surface area contributed by atoms with Crippen molar-refractivity contribution in [3.63, 3.8) is 0 Å². The lowest BCUT2D eigenvalue weighted by Gasteiger charge is -2.38. The third kappa shape index (κ3) is 1.68. The van der Waals surface area contributed by atoms with Crippen LogP contribution in [0, 0.1) is 0 Å². The Balaban J connectivity index is 1.70.